The maximum Gasteiger partial charge on any atom is 0.471 e. The lowest BCUT2D eigenvalue weighted by atomic mass is 10.2. The molecule has 3 rings (SSSR count). The van der Waals surface area contributed by atoms with E-state index in [1.165, 1.54) is 0 Å². The molecular weight excluding hydrogens is 369 g/mol. The van der Waals surface area contributed by atoms with E-state index in [0.717, 1.165) is 5.56 Å². The second-order valence-electron chi connectivity index (χ2n) is 5.36. The van der Waals surface area contributed by atoms with E-state index in [1.54, 1.807) is 24.5 Å². The van der Waals surface area contributed by atoms with Crippen LogP contribution in [0.2, 0.25) is 0 Å². The van der Waals surface area contributed by atoms with Crippen LogP contribution in [0.1, 0.15) is 24.0 Å². The van der Waals surface area contributed by atoms with Crippen LogP contribution in [0, 0.1) is 0 Å². The molecule has 9 nitrogen and oxygen atoms in total. The summed E-state index contributed by atoms with van der Waals surface area (Å²) in [6.45, 7) is 0.0712. The molecule has 0 radical (unpaired) electrons. The Kier molecular flexibility index (Phi) is 5.43. The normalized spacial score (nSPS) is 11.5. The number of aromatic nitrogens is 5. The summed E-state index contributed by atoms with van der Waals surface area (Å²) in [7, 11) is 0. The number of halogens is 3. The standard InChI is InChI=1S/C15H13F3N6O3/c16-15(17,18)14-21-10(23-27-14)5-8-20-11(25)1-2-12-22-13(24-26-12)9-3-6-19-7-4-9/h3-4,6-7H,1-2,5,8H2,(H,20,25). The van der Waals surface area contributed by atoms with Gasteiger partial charge in [0.2, 0.25) is 17.6 Å². The molecule has 0 spiro atoms. The summed E-state index contributed by atoms with van der Waals surface area (Å²) in [5.41, 5.74) is 0.739. The molecule has 3 aromatic heterocycles. The number of carbonyl (C=O) groups excluding carboxylic acids is 1. The first-order chi connectivity index (χ1) is 12.9. The third kappa shape index (κ3) is 5.09. The highest BCUT2D eigenvalue weighted by atomic mass is 19.4. The number of hydrogen-bond acceptors (Lipinski definition) is 8. The number of carbonyl (C=O) groups is 1. The van der Waals surface area contributed by atoms with Gasteiger partial charge in [-0.3, -0.25) is 9.78 Å². The quantitative estimate of drug-likeness (QED) is 0.657. The molecular formula is C15H13F3N6O3. The third-order valence-corrected chi connectivity index (χ3v) is 3.35. The smallest absolute Gasteiger partial charge is 0.356 e. The minimum absolute atomic E-state index is 0.0120. The van der Waals surface area contributed by atoms with E-state index in [9.17, 15) is 18.0 Å². The van der Waals surface area contributed by atoms with Crippen molar-refractivity contribution in [2.24, 2.45) is 0 Å². The number of hydrogen-bond donors (Lipinski definition) is 1. The van der Waals surface area contributed by atoms with E-state index < -0.39 is 12.1 Å². The average Bonchev–Trinajstić information content (AvgIpc) is 3.30. The topological polar surface area (TPSA) is 120 Å². The van der Waals surface area contributed by atoms with Gasteiger partial charge in [0.1, 0.15) is 0 Å². The lowest BCUT2D eigenvalue weighted by Crippen LogP contribution is -2.26. The monoisotopic (exact) mass is 382 g/mol. The zero-order valence-electron chi connectivity index (χ0n) is 13.7. The molecule has 3 heterocycles. The van der Waals surface area contributed by atoms with Crippen molar-refractivity contribution < 1.29 is 27.0 Å². The summed E-state index contributed by atoms with van der Waals surface area (Å²) in [5, 5.41) is 9.58. The Bertz CT molecular complexity index is 894. The Morgan fingerprint density at radius 1 is 1.07 bits per heavy atom. The average molecular weight is 382 g/mol. The van der Waals surface area contributed by atoms with E-state index >= 15 is 0 Å². The summed E-state index contributed by atoms with van der Waals surface area (Å²) >= 11 is 0. The molecule has 142 valence electrons. The van der Waals surface area contributed by atoms with Crippen LogP contribution in [0.25, 0.3) is 11.4 Å². The van der Waals surface area contributed by atoms with Gasteiger partial charge in [-0.1, -0.05) is 10.3 Å². The summed E-state index contributed by atoms with van der Waals surface area (Å²) in [5.74, 6) is -1.18. The number of rotatable bonds is 7. The number of amides is 1. The van der Waals surface area contributed by atoms with Crippen LogP contribution in [-0.2, 0) is 23.8 Å². The van der Waals surface area contributed by atoms with Gasteiger partial charge in [0, 0.05) is 43.8 Å². The molecule has 3 aromatic rings. The fourth-order valence-corrected chi connectivity index (χ4v) is 2.07. The van der Waals surface area contributed by atoms with Crippen LogP contribution >= 0.6 is 0 Å². The Balaban J connectivity index is 1.41. The van der Waals surface area contributed by atoms with Crippen molar-refractivity contribution in [3.05, 3.63) is 42.1 Å². The van der Waals surface area contributed by atoms with Crippen molar-refractivity contribution in [3.8, 4) is 11.4 Å². The molecule has 0 atom stereocenters. The van der Waals surface area contributed by atoms with Crippen molar-refractivity contribution in [2.75, 3.05) is 6.54 Å². The zero-order valence-corrected chi connectivity index (χ0v) is 13.7. The van der Waals surface area contributed by atoms with Crippen LogP contribution in [0.4, 0.5) is 13.2 Å². The molecule has 27 heavy (non-hydrogen) atoms. The Labute approximate surface area is 150 Å². The second kappa shape index (κ2) is 7.93. The van der Waals surface area contributed by atoms with Crippen LogP contribution in [0.5, 0.6) is 0 Å². The lowest BCUT2D eigenvalue weighted by molar-refractivity contribution is -0.159. The highest BCUT2D eigenvalue weighted by Gasteiger charge is 2.38. The van der Waals surface area contributed by atoms with Crippen molar-refractivity contribution in [1.29, 1.82) is 0 Å². The van der Waals surface area contributed by atoms with Gasteiger partial charge in [0.05, 0.1) is 0 Å². The Hall–Kier alpha value is -3.31. The Morgan fingerprint density at radius 3 is 2.56 bits per heavy atom. The first-order valence-corrected chi connectivity index (χ1v) is 7.81. The number of pyridine rings is 1. The van der Waals surface area contributed by atoms with Gasteiger partial charge < -0.3 is 14.4 Å². The van der Waals surface area contributed by atoms with E-state index in [4.69, 9.17) is 4.52 Å². The summed E-state index contributed by atoms with van der Waals surface area (Å²) in [6, 6.07) is 3.45. The molecule has 0 fully saturated rings. The highest BCUT2D eigenvalue weighted by molar-refractivity contribution is 5.76. The van der Waals surface area contributed by atoms with Crippen molar-refractivity contribution >= 4 is 5.91 Å². The lowest BCUT2D eigenvalue weighted by Gasteiger charge is -2.01. The predicted octanol–water partition coefficient (Wildman–Crippen LogP) is 1.82. The molecule has 0 bridgehead atoms. The molecule has 0 aliphatic carbocycles. The fourth-order valence-electron chi connectivity index (χ4n) is 2.07. The van der Waals surface area contributed by atoms with Gasteiger partial charge in [-0.2, -0.15) is 23.1 Å². The molecule has 0 aromatic carbocycles. The molecule has 0 saturated carbocycles. The van der Waals surface area contributed by atoms with Gasteiger partial charge >= 0.3 is 12.1 Å². The van der Waals surface area contributed by atoms with Gasteiger partial charge in [-0.15, -0.1) is 0 Å². The van der Waals surface area contributed by atoms with Crippen LogP contribution in [0.3, 0.4) is 0 Å². The minimum Gasteiger partial charge on any atom is -0.356 e. The fraction of sp³-hybridized carbons (Fsp3) is 0.333. The highest BCUT2D eigenvalue weighted by Crippen LogP contribution is 2.27. The van der Waals surface area contributed by atoms with Crippen LogP contribution in [0.15, 0.2) is 33.6 Å². The van der Waals surface area contributed by atoms with Crippen molar-refractivity contribution in [1.82, 2.24) is 30.6 Å². The second-order valence-corrected chi connectivity index (χ2v) is 5.36. The largest absolute Gasteiger partial charge is 0.471 e. The molecule has 0 aliphatic rings. The zero-order chi connectivity index (χ0) is 19.3. The van der Waals surface area contributed by atoms with Crippen LogP contribution in [-0.4, -0.2) is 37.7 Å². The SMILES string of the molecule is O=C(CCc1nc(-c2ccncc2)no1)NCCc1noc(C(F)(F)F)n1. The number of nitrogens with zero attached hydrogens (tertiary/aromatic N) is 5. The molecule has 0 saturated heterocycles. The van der Waals surface area contributed by atoms with Gasteiger partial charge in [-0.05, 0) is 12.1 Å². The molecule has 12 heteroatoms. The van der Waals surface area contributed by atoms with Crippen molar-refractivity contribution in [3.63, 3.8) is 0 Å². The third-order valence-electron chi connectivity index (χ3n) is 3.35. The van der Waals surface area contributed by atoms with E-state index in [-0.39, 0.29) is 37.5 Å². The Morgan fingerprint density at radius 2 is 1.85 bits per heavy atom. The van der Waals surface area contributed by atoms with E-state index in [0.29, 0.717) is 11.7 Å². The molecule has 1 N–H and O–H groups in total. The molecule has 1 amide bonds. The van der Waals surface area contributed by atoms with Gasteiger partial charge in [0.15, 0.2) is 5.82 Å². The van der Waals surface area contributed by atoms with E-state index in [2.05, 4.69) is 35.1 Å². The van der Waals surface area contributed by atoms with Gasteiger partial charge in [0.25, 0.3) is 0 Å². The predicted molar refractivity (Wildman–Crippen MR) is 81.9 cm³/mol. The summed E-state index contributed by atoms with van der Waals surface area (Å²) in [4.78, 5) is 23.1. The maximum absolute atomic E-state index is 12.3. The minimum atomic E-state index is -4.69. The first-order valence-electron chi connectivity index (χ1n) is 7.81. The summed E-state index contributed by atoms with van der Waals surface area (Å²) in [6.07, 6.45) is -1.17. The number of nitrogens with one attached hydrogen (secondary N) is 1. The summed E-state index contributed by atoms with van der Waals surface area (Å²) < 4.78 is 46.2. The number of alkyl halides is 3. The first kappa shape index (κ1) is 18.5. The van der Waals surface area contributed by atoms with Gasteiger partial charge in [-0.25, -0.2) is 0 Å². The van der Waals surface area contributed by atoms with E-state index in [1.807, 2.05) is 0 Å². The van der Waals surface area contributed by atoms with Crippen molar-refractivity contribution in [2.45, 2.75) is 25.4 Å². The number of aryl methyl sites for hydroxylation is 1. The molecule has 0 aliphatic heterocycles. The maximum atomic E-state index is 12.3. The molecule has 0 unspecified atom stereocenters. The van der Waals surface area contributed by atoms with Crippen LogP contribution < -0.4 is 5.32 Å².